The molecular formula is C18H17ClN2O5. The Morgan fingerprint density at radius 1 is 1.23 bits per heavy atom. The number of carbonyl (C=O) groups excluding carboxylic acids is 1. The molecule has 0 saturated carbocycles. The molecule has 2 aromatic rings. The number of carboxylic acid groups (broad SMARTS) is 1. The predicted molar refractivity (Wildman–Crippen MR) is 96.9 cm³/mol. The number of halogens is 1. The van der Waals surface area contributed by atoms with E-state index in [2.05, 4.69) is 10.5 Å². The van der Waals surface area contributed by atoms with Gasteiger partial charge in [0.15, 0.2) is 12.7 Å². The van der Waals surface area contributed by atoms with Crippen LogP contribution >= 0.6 is 11.6 Å². The van der Waals surface area contributed by atoms with Crippen LogP contribution in [0.1, 0.15) is 12.5 Å². The highest BCUT2D eigenvalue weighted by atomic mass is 35.5. The van der Waals surface area contributed by atoms with E-state index >= 15 is 0 Å². The number of carboxylic acids is 1. The van der Waals surface area contributed by atoms with Crippen molar-refractivity contribution in [2.45, 2.75) is 13.0 Å². The van der Waals surface area contributed by atoms with Crippen LogP contribution in [0.2, 0.25) is 5.02 Å². The lowest BCUT2D eigenvalue weighted by Gasteiger charge is -2.09. The summed E-state index contributed by atoms with van der Waals surface area (Å²) in [4.78, 5) is 22.4. The van der Waals surface area contributed by atoms with E-state index in [0.717, 1.165) is 0 Å². The summed E-state index contributed by atoms with van der Waals surface area (Å²) in [6, 6.07) is 13.3. The highest BCUT2D eigenvalue weighted by Crippen LogP contribution is 2.16. The zero-order chi connectivity index (χ0) is 18.9. The molecule has 0 radical (unpaired) electrons. The topological polar surface area (TPSA) is 97.2 Å². The van der Waals surface area contributed by atoms with E-state index in [9.17, 15) is 9.59 Å². The van der Waals surface area contributed by atoms with Crippen LogP contribution in [0.25, 0.3) is 0 Å². The lowest BCUT2D eigenvalue weighted by Crippen LogP contribution is -2.24. The van der Waals surface area contributed by atoms with E-state index in [1.54, 1.807) is 48.5 Å². The third kappa shape index (κ3) is 6.45. The molecule has 1 atom stereocenters. The molecule has 0 aliphatic heterocycles. The Bertz CT molecular complexity index is 792. The highest BCUT2D eigenvalue weighted by Gasteiger charge is 2.11. The van der Waals surface area contributed by atoms with Crippen LogP contribution in [0.3, 0.4) is 0 Å². The van der Waals surface area contributed by atoms with Gasteiger partial charge in [0.05, 0.1) is 6.21 Å². The predicted octanol–water partition coefficient (Wildman–Crippen LogP) is 2.72. The standard InChI is InChI=1S/C18H17ClN2O5/c1-12(18(23)24)26-15-7-5-13(6-8-15)10-20-21-17(22)11-25-16-4-2-3-14(19)9-16/h2-10,12H,11H2,1H3,(H,21,22)(H,23,24)/b20-10+. The Morgan fingerprint density at radius 3 is 2.62 bits per heavy atom. The van der Waals surface area contributed by atoms with Crippen molar-refractivity contribution in [1.29, 1.82) is 0 Å². The molecule has 0 heterocycles. The maximum Gasteiger partial charge on any atom is 0.344 e. The van der Waals surface area contributed by atoms with E-state index < -0.39 is 18.0 Å². The van der Waals surface area contributed by atoms with Gasteiger partial charge in [-0.25, -0.2) is 10.2 Å². The van der Waals surface area contributed by atoms with Gasteiger partial charge in [-0.1, -0.05) is 17.7 Å². The first kappa shape index (κ1) is 19.3. The summed E-state index contributed by atoms with van der Waals surface area (Å²) in [5, 5.41) is 13.1. The number of hydrazone groups is 1. The molecule has 2 aromatic carbocycles. The number of rotatable bonds is 8. The SMILES string of the molecule is CC(Oc1ccc(/C=N/NC(=O)COc2cccc(Cl)c2)cc1)C(=O)O. The lowest BCUT2D eigenvalue weighted by atomic mass is 10.2. The summed E-state index contributed by atoms with van der Waals surface area (Å²) >= 11 is 5.82. The molecule has 2 N–H and O–H groups in total. The van der Waals surface area contributed by atoms with Crippen molar-refractivity contribution in [3.05, 3.63) is 59.1 Å². The molecule has 26 heavy (non-hydrogen) atoms. The number of amides is 1. The fourth-order valence-electron chi connectivity index (χ4n) is 1.80. The van der Waals surface area contributed by atoms with Gasteiger partial charge in [0.25, 0.3) is 5.91 Å². The van der Waals surface area contributed by atoms with Crippen molar-refractivity contribution < 1.29 is 24.2 Å². The largest absolute Gasteiger partial charge is 0.484 e. The van der Waals surface area contributed by atoms with Crippen molar-refractivity contribution >= 4 is 29.7 Å². The molecule has 2 rings (SSSR count). The van der Waals surface area contributed by atoms with Crippen LogP contribution in [0.5, 0.6) is 11.5 Å². The van der Waals surface area contributed by atoms with Crippen LogP contribution in [-0.4, -0.2) is 35.9 Å². The second-order valence-electron chi connectivity index (χ2n) is 5.21. The Hall–Kier alpha value is -3.06. The van der Waals surface area contributed by atoms with E-state index in [0.29, 0.717) is 22.1 Å². The van der Waals surface area contributed by atoms with Gasteiger partial charge in [0.2, 0.25) is 0 Å². The molecule has 0 saturated heterocycles. The minimum absolute atomic E-state index is 0.197. The first-order chi connectivity index (χ1) is 12.4. The Labute approximate surface area is 155 Å². The number of benzene rings is 2. The third-order valence-electron chi connectivity index (χ3n) is 3.11. The number of nitrogens with one attached hydrogen (secondary N) is 1. The maximum atomic E-state index is 11.7. The number of hydrogen-bond donors (Lipinski definition) is 2. The molecule has 0 bridgehead atoms. The van der Waals surface area contributed by atoms with Gasteiger partial charge < -0.3 is 14.6 Å². The van der Waals surface area contributed by atoms with Crippen LogP contribution in [0, 0.1) is 0 Å². The molecule has 0 aliphatic rings. The molecule has 1 unspecified atom stereocenters. The summed E-state index contributed by atoms with van der Waals surface area (Å²) < 4.78 is 10.5. The first-order valence-corrected chi connectivity index (χ1v) is 8.01. The van der Waals surface area contributed by atoms with Gasteiger partial charge >= 0.3 is 5.97 Å². The molecule has 1 amide bonds. The Morgan fingerprint density at radius 2 is 1.96 bits per heavy atom. The number of aliphatic carboxylic acids is 1. The Kier molecular flexibility index (Phi) is 6.99. The van der Waals surface area contributed by atoms with Crippen molar-refractivity contribution in [2.24, 2.45) is 5.10 Å². The van der Waals surface area contributed by atoms with Crippen molar-refractivity contribution in [3.8, 4) is 11.5 Å². The fourth-order valence-corrected chi connectivity index (χ4v) is 1.98. The van der Waals surface area contributed by atoms with Crippen LogP contribution in [0.4, 0.5) is 0 Å². The van der Waals surface area contributed by atoms with E-state index in [-0.39, 0.29) is 6.61 Å². The van der Waals surface area contributed by atoms with Gasteiger partial charge in [-0.2, -0.15) is 5.10 Å². The lowest BCUT2D eigenvalue weighted by molar-refractivity contribution is -0.144. The van der Waals surface area contributed by atoms with Gasteiger partial charge in [0.1, 0.15) is 11.5 Å². The number of hydrogen-bond acceptors (Lipinski definition) is 5. The molecule has 0 spiro atoms. The molecule has 7 nitrogen and oxygen atoms in total. The van der Waals surface area contributed by atoms with Crippen LogP contribution < -0.4 is 14.9 Å². The zero-order valence-electron chi connectivity index (χ0n) is 13.9. The molecular weight excluding hydrogens is 360 g/mol. The average molecular weight is 377 g/mol. The van der Waals surface area contributed by atoms with Gasteiger partial charge in [0, 0.05) is 5.02 Å². The summed E-state index contributed by atoms with van der Waals surface area (Å²) in [7, 11) is 0. The fraction of sp³-hybridized carbons (Fsp3) is 0.167. The van der Waals surface area contributed by atoms with Gasteiger partial charge in [-0.15, -0.1) is 0 Å². The second-order valence-corrected chi connectivity index (χ2v) is 5.64. The Balaban J connectivity index is 1.78. The van der Waals surface area contributed by atoms with E-state index in [1.807, 2.05) is 0 Å². The third-order valence-corrected chi connectivity index (χ3v) is 3.34. The maximum absolute atomic E-state index is 11.7. The molecule has 136 valence electrons. The van der Waals surface area contributed by atoms with Crippen molar-refractivity contribution in [3.63, 3.8) is 0 Å². The molecule has 0 fully saturated rings. The number of carbonyl (C=O) groups is 2. The minimum atomic E-state index is -1.04. The minimum Gasteiger partial charge on any atom is -0.484 e. The first-order valence-electron chi connectivity index (χ1n) is 7.64. The highest BCUT2D eigenvalue weighted by molar-refractivity contribution is 6.30. The van der Waals surface area contributed by atoms with Gasteiger partial charge in [-0.3, -0.25) is 4.79 Å². The zero-order valence-corrected chi connectivity index (χ0v) is 14.6. The summed E-state index contributed by atoms with van der Waals surface area (Å²) in [5.41, 5.74) is 3.05. The molecule has 0 aliphatic carbocycles. The normalized spacial score (nSPS) is 11.8. The molecule has 8 heteroatoms. The average Bonchev–Trinajstić information content (AvgIpc) is 2.61. The van der Waals surface area contributed by atoms with E-state index in [1.165, 1.54) is 13.1 Å². The number of ether oxygens (including phenoxy) is 2. The quantitative estimate of drug-likeness (QED) is 0.545. The smallest absolute Gasteiger partial charge is 0.344 e. The summed E-state index contributed by atoms with van der Waals surface area (Å²) in [6.45, 7) is 1.25. The summed E-state index contributed by atoms with van der Waals surface area (Å²) in [6.07, 6.45) is 0.509. The van der Waals surface area contributed by atoms with Crippen LogP contribution in [-0.2, 0) is 9.59 Å². The summed E-state index contributed by atoms with van der Waals surface area (Å²) in [5.74, 6) is -0.548. The number of nitrogens with zero attached hydrogens (tertiary/aromatic N) is 1. The van der Waals surface area contributed by atoms with Crippen molar-refractivity contribution in [1.82, 2.24) is 5.43 Å². The monoisotopic (exact) mass is 376 g/mol. The van der Waals surface area contributed by atoms with Crippen molar-refractivity contribution in [2.75, 3.05) is 6.61 Å². The molecule has 0 aromatic heterocycles. The van der Waals surface area contributed by atoms with Gasteiger partial charge in [-0.05, 0) is 55.0 Å². The second kappa shape index (κ2) is 9.43. The van der Waals surface area contributed by atoms with E-state index in [4.69, 9.17) is 26.2 Å². The van der Waals surface area contributed by atoms with Crippen LogP contribution in [0.15, 0.2) is 53.6 Å².